The van der Waals surface area contributed by atoms with Crippen molar-refractivity contribution in [2.75, 3.05) is 0 Å². The average Bonchev–Trinajstić information content (AvgIpc) is 1.27. The lowest BCUT2D eigenvalue weighted by atomic mass is 10.9. The molecule has 0 heterocycles. The van der Waals surface area contributed by atoms with Gasteiger partial charge in [-0.15, -0.1) is 0 Å². The molecule has 0 aromatic rings. The van der Waals surface area contributed by atoms with Gasteiger partial charge in [-0.2, -0.15) is 13.2 Å². The third kappa shape index (κ3) is 5.60. The Hall–Kier alpha value is -0.400. The molecule has 4 heteroatoms. The summed E-state index contributed by atoms with van der Waals surface area (Å²) in [6, 6.07) is 0. The first-order chi connectivity index (χ1) is 3.13. The van der Waals surface area contributed by atoms with Gasteiger partial charge in [0.05, 0.1) is 0 Å². The van der Waals surface area contributed by atoms with E-state index in [0.717, 1.165) is 5.73 Å². The van der Waals surface area contributed by atoms with Crippen molar-refractivity contribution in [3.8, 4) is 0 Å². The lowest BCUT2D eigenvalue weighted by Crippen LogP contribution is -1.48. The molecule has 40 valence electrons. The molecular weight excluding hydrogens is 128 g/mol. The summed E-state index contributed by atoms with van der Waals surface area (Å²) in [6.07, 6.45) is -2.26. The van der Waals surface area contributed by atoms with Gasteiger partial charge in [-0.05, 0) is 17.3 Å². The van der Waals surface area contributed by atoms with Crippen LogP contribution in [0.4, 0.5) is 13.2 Å². The smallest absolute Gasteiger partial charge is 0.184 e. The molecule has 0 rings (SSSR count). The monoisotopic (exact) mass is 128 g/mol. The zero-order valence-corrected chi connectivity index (χ0v) is 3.77. The van der Waals surface area contributed by atoms with Gasteiger partial charge >= 0.3 is 6.08 Å². The summed E-state index contributed by atoms with van der Waals surface area (Å²) in [5.74, 6) is 0. The van der Waals surface area contributed by atoms with Crippen LogP contribution >= 0.6 is 11.6 Å². The molecule has 0 saturated carbocycles. The fourth-order valence-electron chi connectivity index (χ4n) is 0.0714. The van der Waals surface area contributed by atoms with Gasteiger partial charge in [0.1, 0.15) is 0 Å². The quantitative estimate of drug-likeness (QED) is 0.440. The van der Waals surface area contributed by atoms with Crippen molar-refractivity contribution < 1.29 is 13.2 Å². The topological polar surface area (TPSA) is 0 Å². The summed E-state index contributed by atoms with van der Waals surface area (Å²) in [5.41, 5.74) is 0.904. The van der Waals surface area contributed by atoms with E-state index in [1.165, 1.54) is 0 Å². The zero-order valence-electron chi connectivity index (χ0n) is 3.01. The predicted molar refractivity (Wildman–Crippen MR) is 19.7 cm³/mol. The second-order valence-corrected chi connectivity index (χ2v) is 0.978. The third-order valence-electron chi connectivity index (χ3n) is 0.189. The summed E-state index contributed by atoms with van der Waals surface area (Å²) < 4.78 is 32.5. The van der Waals surface area contributed by atoms with Crippen molar-refractivity contribution in [2.24, 2.45) is 0 Å². The first kappa shape index (κ1) is 6.60. The molecule has 0 unspecified atom stereocenters. The van der Waals surface area contributed by atoms with E-state index in [2.05, 4.69) is 11.6 Å². The van der Waals surface area contributed by atoms with Crippen LogP contribution in [-0.2, 0) is 0 Å². The van der Waals surface area contributed by atoms with E-state index in [1.807, 2.05) is 0 Å². The van der Waals surface area contributed by atoms with Crippen molar-refractivity contribution in [3.05, 3.63) is 17.1 Å². The van der Waals surface area contributed by atoms with Gasteiger partial charge in [0.2, 0.25) is 5.29 Å². The summed E-state index contributed by atoms with van der Waals surface area (Å²) in [6.45, 7) is 0. The van der Waals surface area contributed by atoms with Crippen LogP contribution in [0.1, 0.15) is 0 Å². The number of hydrogen-bond donors (Lipinski definition) is 0. The van der Waals surface area contributed by atoms with E-state index < -0.39 is 11.4 Å². The zero-order chi connectivity index (χ0) is 5.86. The maximum absolute atomic E-state index is 11.0. The Balaban J connectivity index is 4.13. The molecule has 7 heavy (non-hydrogen) atoms. The summed E-state index contributed by atoms with van der Waals surface area (Å²) in [5, 5.41) is -1.53. The minimum absolute atomic E-state index is 0.904. The van der Waals surface area contributed by atoms with Crippen molar-refractivity contribution in [1.82, 2.24) is 0 Å². The highest BCUT2D eigenvalue weighted by molar-refractivity contribution is 6.28. The second-order valence-electron chi connectivity index (χ2n) is 0.646. The van der Waals surface area contributed by atoms with Gasteiger partial charge in [-0.3, -0.25) is 0 Å². The highest BCUT2D eigenvalue weighted by Gasteiger charge is 1.84. The van der Waals surface area contributed by atoms with Gasteiger partial charge < -0.3 is 0 Å². The molecule has 0 radical (unpaired) electrons. The first-order valence-electron chi connectivity index (χ1n) is 1.26. The predicted octanol–water partition coefficient (Wildman–Crippen LogP) is 2.42. The Bertz CT molecular complexity index is 102. The summed E-state index contributed by atoms with van der Waals surface area (Å²) >= 11 is 4.31. The van der Waals surface area contributed by atoms with Crippen LogP contribution in [0, 0.1) is 0 Å². The van der Waals surface area contributed by atoms with E-state index in [9.17, 15) is 13.2 Å². The molecule has 0 aromatic heterocycles. The van der Waals surface area contributed by atoms with Crippen molar-refractivity contribution >= 4 is 11.6 Å². The van der Waals surface area contributed by atoms with Gasteiger partial charge in [-0.25, -0.2) is 0 Å². The van der Waals surface area contributed by atoms with Gasteiger partial charge in [-0.1, -0.05) is 0 Å². The Morgan fingerprint density at radius 2 is 1.71 bits per heavy atom. The molecule has 0 aromatic carbocycles. The van der Waals surface area contributed by atoms with Crippen molar-refractivity contribution in [1.29, 1.82) is 0 Å². The Morgan fingerprint density at radius 3 is 1.71 bits per heavy atom. The van der Waals surface area contributed by atoms with E-state index in [0.29, 0.717) is 0 Å². The van der Waals surface area contributed by atoms with E-state index in [-0.39, 0.29) is 0 Å². The molecular formula is C3ClF3. The first-order valence-corrected chi connectivity index (χ1v) is 1.63. The van der Waals surface area contributed by atoms with Gasteiger partial charge in [0, 0.05) is 0 Å². The number of rotatable bonds is 0. The van der Waals surface area contributed by atoms with Gasteiger partial charge in [0.25, 0.3) is 0 Å². The minimum Gasteiger partial charge on any atom is -0.184 e. The lowest BCUT2D eigenvalue weighted by Gasteiger charge is -1.65. The van der Waals surface area contributed by atoms with Crippen LogP contribution in [0.15, 0.2) is 17.1 Å². The van der Waals surface area contributed by atoms with Crippen LogP contribution < -0.4 is 0 Å². The Kier molecular flexibility index (Phi) is 2.56. The molecule has 0 aliphatic rings. The molecule has 0 fully saturated rings. The highest BCUT2D eigenvalue weighted by atomic mass is 35.5. The number of hydrogen-bond acceptors (Lipinski definition) is 0. The molecule has 0 bridgehead atoms. The van der Waals surface area contributed by atoms with Crippen LogP contribution in [0.5, 0.6) is 0 Å². The molecule has 0 spiro atoms. The molecule has 0 aliphatic heterocycles. The van der Waals surface area contributed by atoms with Crippen LogP contribution in [0.25, 0.3) is 0 Å². The molecule has 0 nitrogen and oxygen atoms in total. The molecule has 0 N–H and O–H groups in total. The summed E-state index contributed by atoms with van der Waals surface area (Å²) in [4.78, 5) is 0. The third-order valence-corrected chi connectivity index (χ3v) is 0.283. The largest absolute Gasteiger partial charge is 0.316 e. The molecule has 0 aliphatic carbocycles. The van der Waals surface area contributed by atoms with Crippen molar-refractivity contribution in [3.63, 3.8) is 0 Å². The van der Waals surface area contributed by atoms with Crippen molar-refractivity contribution in [2.45, 2.75) is 0 Å². The van der Waals surface area contributed by atoms with E-state index in [4.69, 9.17) is 0 Å². The van der Waals surface area contributed by atoms with Gasteiger partial charge in [0.15, 0.2) is 0 Å². The normalized spacial score (nSPS) is 7.43. The maximum atomic E-state index is 11.0. The molecule has 0 amide bonds. The summed E-state index contributed by atoms with van der Waals surface area (Å²) in [7, 11) is 0. The minimum atomic E-state index is -2.26. The lowest BCUT2D eigenvalue weighted by molar-refractivity contribution is 0.422. The SMILES string of the molecule is FC(F)=C=C(F)Cl. The Morgan fingerprint density at radius 1 is 1.29 bits per heavy atom. The molecule has 0 atom stereocenters. The Labute approximate surface area is 42.9 Å². The second kappa shape index (κ2) is 2.72. The van der Waals surface area contributed by atoms with Crippen LogP contribution in [0.3, 0.4) is 0 Å². The fourth-order valence-corrected chi connectivity index (χ4v) is 0.143. The van der Waals surface area contributed by atoms with E-state index in [1.54, 1.807) is 0 Å². The van der Waals surface area contributed by atoms with Crippen LogP contribution in [-0.4, -0.2) is 0 Å². The maximum Gasteiger partial charge on any atom is 0.316 e. The van der Waals surface area contributed by atoms with E-state index >= 15 is 0 Å². The van der Waals surface area contributed by atoms with Crippen LogP contribution in [0.2, 0.25) is 0 Å². The highest BCUT2D eigenvalue weighted by Crippen LogP contribution is 2.02. The average molecular weight is 128 g/mol. The fraction of sp³-hybridized carbons (Fsp3) is 0. The molecule has 0 saturated heterocycles. The standard InChI is InChI=1S/C3ClF3/c4-2(5)1-3(6)7. The number of halogens is 4.